The zero-order valence-corrected chi connectivity index (χ0v) is 15.1. The summed E-state index contributed by atoms with van der Waals surface area (Å²) in [7, 11) is 0. The topological polar surface area (TPSA) is 29.0 Å². The number of nitrogens with zero attached hydrogens (tertiary/aromatic N) is 3. The van der Waals surface area contributed by atoms with Gasteiger partial charge in [-0.15, -0.1) is 0 Å². The Bertz CT molecular complexity index is 738. The maximum absolute atomic E-state index is 14.0. The van der Waals surface area contributed by atoms with E-state index < -0.39 is 0 Å². The highest BCUT2D eigenvalue weighted by molar-refractivity contribution is 6.31. The molecular weight excluding hydrogens is 337 g/mol. The van der Waals surface area contributed by atoms with Gasteiger partial charge in [-0.1, -0.05) is 36.9 Å². The standard InChI is InChI=1S/C20H23ClFN3/c21-17-7-4-8-18(22)16(17)13-25-10-9-19-15(12-25)11-23-20(24-19)14-5-2-1-3-6-14/h4,7-8,11,14H,1-3,5-6,9-10,12-13H2. The molecule has 1 aromatic heterocycles. The minimum atomic E-state index is -0.234. The van der Waals surface area contributed by atoms with Crippen LogP contribution in [0.4, 0.5) is 4.39 Å². The summed E-state index contributed by atoms with van der Waals surface area (Å²) in [4.78, 5) is 11.7. The Morgan fingerprint density at radius 2 is 2.04 bits per heavy atom. The molecule has 2 aromatic rings. The Morgan fingerprint density at radius 1 is 1.20 bits per heavy atom. The lowest BCUT2D eigenvalue weighted by Crippen LogP contribution is -2.31. The summed E-state index contributed by atoms with van der Waals surface area (Å²) >= 11 is 6.16. The number of benzene rings is 1. The molecule has 0 amide bonds. The second-order valence-electron chi connectivity index (χ2n) is 7.20. The third-order valence-corrected chi connectivity index (χ3v) is 5.80. The zero-order valence-electron chi connectivity index (χ0n) is 14.3. The molecule has 132 valence electrons. The smallest absolute Gasteiger partial charge is 0.131 e. The van der Waals surface area contributed by atoms with Crippen molar-refractivity contribution in [3.63, 3.8) is 0 Å². The minimum Gasteiger partial charge on any atom is -0.294 e. The maximum atomic E-state index is 14.0. The van der Waals surface area contributed by atoms with Crippen molar-refractivity contribution >= 4 is 11.6 Å². The molecule has 0 radical (unpaired) electrons. The molecule has 0 N–H and O–H groups in total. The van der Waals surface area contributed by atoms with E-state index in [0.29, 0.717) is 23.0 Å². The summed E-state index contributed by atoms with van der Waals surface area (Å²) in [6.45, 7) is 2.15. The number of halogens is 2. The van der Waals surface area contributed by atoms with Crippen molar-refractivity contribution in [3.8, 4) is 0 Å². The first-order valence-corrected chi connectivity index (χ1v) is 9.58. The number of hydrogen-bond donors (Lipinski definition) is 0. The molecule has 2 aliphatic rings. The molecule has 5 heteroatoms. The molecule has 0 atom stereocenters. The number of aromatic nitrogens is 2. The minimum absolute atomic E-state index is 0.234. The molecule has 3 nitrogen and oxygen atoms in total. The van der Waals surface area contributed by atoms with Crippen LogP contribution in [0.3, 0.4) is 0 Å². The zero-order chi connectivity index (χ0) is 17.2. The van der Waals surface area contributed by atoms with Gasteiger partial charge in [-0.3, -0.25) is 4.90 Å². The summed E-state index contributed by atoms with van der Waals surface area (Å²) in [5.74, 6) is 1.33. The third kappa shape index (κ3) is 3.70. The van der Waals surface area contributed by atoms with Crippen molar-refractivity contribution in [1.82, 2.24) is 14.9 Å². The second-order valence-corrected chi connectivity index (χ2v) is 7.60. The van der Waals surface area contributed by atoms with Crippen LogP contribution in [0.5, 0.6) is 0 Å². The van der Waals surface area contributed by atoms with Gasteiger partial charge < -0.3 is 0 Å². The van der Waals surface area contributed by atoms with Crippen molar-refractivity contribution in [2.24, 2.45) is 0 Å². The van der Waals surface area contributed by atoms with Crippen LogP contribution in [-0.4, -0.2) is 21.4 Å². The molecule has 1 aliphatic carbocycles. The third-order valence-electron chi connectivity index (χ3n) is 5.45. The molecule has 25 heavy (non-hydrogen) atoms. The van der Waals surface area contributed by atoms with E-state index in [-0.39, 0.29) is 5.82 Å². The fourth-order valence-corrected chi connectivity index (χ4v) is 4.21. The monoisotopic (exact) mass is 359 g/mol. The van der Waals surface area contributed by atoms with Gasteiger partial charge in [0.2, 0.25) is 0 Å². The highest BCUT2D eigenvalue weighted by Crippen LogP contribution is 2.31. The van der Waals surface area contributed by atoms with E-state index in [0.717, 1.165) is 25.3 Å². The Balaban J connectivity index is 1.48. The number of fused-ring (bicyclic) bond motifs is 1. The first-order chi connectivity index (χ1) is 12.2. The molecule has 1 fully saturated rings. The Morgan fingerprint density at radius 3 is 2.84 bits per heavy atom. The van der Waals surface area contributed by atoms with Gasteiger partial charge in [0.1, 0.15) is 11.6 Å². The summed E-state index contributed by atoms with van der Waals surface area (Å²) in [5.41, 5.74) is 2.91. The second kappa shape index (κ2) is 7.38. The average molecular weight is 360 g/mol. The van der Waals surface area contributed by atoms with E-state index in [1.807, 2.05) is 6.20 Å². The molecule has 0 unspecified atom stereocenters. The highest BCUT2D eigenvalue weighted by atomic mass is 35.5. The van der Waals surface area contributed by atoms with Gasteiger partial charge in [-0.05, 0) is 25.0 Å². The van der Waals surface area contributed by atoms with E-state index in [9.17, 15) is 4.39 Å². The van der Waals surface area contributed by atoms with Crippen LogP contribution in [0.1, 0.15) is 60.7 Å². The molecule has 1 saturated carbocycles. The Labute approximate surface area is 153 Å². The van der Waals surface area contributed by atoms with Crippen molar-refractivity contribution in [3.05, 3.63) is 57.9 Å². The van der Waals surface area contributed by atoms with Gasteiger partial charge in [-0.2, -0.15) is 0 Å². The van der Waals surface area contributed by atoms with Crippen LogP contribution in [-0.2, 0) is 19.5 Å². The lowest BCUT2D eigenvalue weighted by atomic mass is 9.88. The summed E-state index contributed by atoms with van der Waals surface area (Å²) in [6, 6.07) is 4.86. The Kier molecular flexibility index (Phi) is 5.00. The fourth-order valence-electron chi connectivity index (χ4n) is 3.99. The van der Waals surface area contributed by atoms with Crippen LogP contribution in [0, 0.1) is 5.82 Å². The highest BCUT2D eigenvalue weighted by Gasteiger charge is 2.23. The van der Waals surface area contributed by atoms with Crippen LogP contribution < -0.4 is 0 Å². The first kappa shape index (κ1) is 16.9. The van der Waals surface area contributed by atoms with Crippen LogP contribution in [0.25, 0.3) is 0 Å². The Hall–Kier alpha value is -1.52. The summed E-state index contributed by atoms with van der Waals surface area (Å²) < 4.78 is 14.0. The maximum Gasteiger partial charge on any atom is 0.131 e. The molecular formula is C20H23ClFN3. The van der Waals surface area contributed by atoms with E-state index in [4.69, 9.17) is 16.6 Å². The molecule has 2 heterocycles. The largest absolute Gasteiger partial charge is 0.294 e. The molecule has 0 spiro atoms. The van der Waals surface area contributed by atoms with Crippen LogP contribution in [0.15, 0.2) is 24.4 Å². The molecule has 4 rings (SSSR count). The van der Waals surface area contributed by atoms with E-state index in [1.54, 1.807) is 12.1 Å². The van der Waals surface area contributed by atoms with Gasteiger partial charge in [0.15, 0.2) is 0 Å². The van der Waals surface area contributed by atoms with Gasteiger partial charge in [0.25, 0.3) is 0 Å². The predicted molar refractivity (Wildman–Crippen MR) is 97.1 cm³/mol. The first-order valence-electron chi connectivity index (χ1n) is 9.20. The van der Waals surface area contributed by atoms with Crippen LogP contribution in [0.2, 0.25) is 5.02 Å². The molecule has 0 bridgehead atoms. The predicted octanol–water partition coefficient (Wildman–Crippen LogP) is 4.88. The van der Waals surface area contributed by atoms with Crippen molar-refractivity contribution < 1.29 is 4.39 Å². The molecule has 0 saturated heterocycles. The lowest BCUT2D eigenvalue weighted by molar-refractivity contribution is 0.239. The average Bonchev–Trinajstić information content (AvgIpc) is 2.65. The number of hydrogen-bond acceptors (Lipinski definition) is 3. The lowest BCUT2D eigenvalue weighted by Gasteiger charge is -2.29. The van der Waals surface area contributed by atoms with Crippen molar-refractivity contribution in [2.45, 2.75) is 57.5 Å². The van der Waals surface area contributed by atoms with Crippen molar-refractivity contribution in [2.75, 3.05) is 6.54 Å². The van der Waals surface area contributed by atoms with E-state index in [1.165, 1.54) is 49.4 Å². The van der Waals surface area contributed by atoms with Crippen molar-refractivity contribution in [1.29, 1.82) is 0 Å². The normalized spacial score (nSPS) is 19.0. The van der Waals surface area contributed by atoms with E-state index >= 15 is 0 Å². The van der Waals surface area contributed by atoms with E-state index in [2.05, 4.69) is 9.88 Å². The van der Waals surface area contributed by atoms with Crippen LogP contribution >= 0.6 is 11.6 Å². The van der Waals surface area contributed by atoms with Gasteiger partial charge in [-0.25, -0.2) is 14.4 Å². The van der Waals surface area contributed by atoms with Gasteiger partial charge >= 0.3 is 0 Å². The fraction of sp³-hybridized carbons (Fsp3) is 0.500. The quantitative estimate of drug-likeness (QED) is 0.782. The SMILES string of the molecule is Fc1cccc(Cl)c1CN1CCc2nc(C3CCCCC3)ncc2C1. The molecule has 1 aromatic carbocycles. The summed E-state index contributed by atoms with van der Waals surface area (Å²) in [6.07, 6.45) is 9.25. The number of rotatable bonds is 3. The summed E-state index contributed by atoms with van der Waals surface area (Å²) in [5, 5.41) is 0.495. The van der Waals surface area contributed by atoms with Gasteiger partial charge in [0, 0.05) is 60.0 Å². The molecule has 1 aliphatic heterocycles. The van der Waals surface area contributed by atoms with Gasteiger partial charge in [0.05, 0.1) is 0 Å².